The molecular weight excluding hydrogens is 164 g/mol. The molecule has 3 N–H and O–H groups in total. The molecule has 0 bridgehead atoms. The number of thiophene rings is 1. The van der Waals surface area contributed by atoms with Crippen molar-refractivity contribution in [1.82, 2.24) is 0 Å². The third kappa shape index (κ3) is 1.97. The molecular formula is C6H8N2S2. The summed E-state index contributed by atoms with van der Waals surface area (Å²) >= 11 is 6.26. The van der Waals surface area contributed by atoms with Gasteiger partial charge in [0.05, 0.1) is 5.00 Å². The average Bonchev–Trinajstić information content (AvgIpc) is 2.13. The summed E-state index contributed by atoms with van der Waals surface area (Å²) in [6, 6.07) is 2.00. The van der Waals surface area contributed by atoms with Gasteiger partial charge >= 0.3 is 0 Å². The number of anilines is 1. The Kier molecular flexibility index (Phi) is 2.24. The van der Waals surface area contributed by atoms with Crippen molar-refractivity contribution in [2.45, 2.75) is 6.92 Å². The summed E-state index contributed by atoms with van der Waals surface area (Å²) in [5, 5.41) is 6.22. The highest BCUT2D eigenvalue weighted by Gasteiger charge is 1.94. The first-order chi connectivity index (χ1) is 4.68. The van der Waals surface area contributed by atoms with E-state index >= 15 is 0 Å². The third-order valence-corrected chi connectivity index (χ3v) is 2.04. The normalized spacial score (nSPS) is 9.30. The first-order valence-corrected chi connectivity index (χ1v) is 4.09. The van der Waals surface area contributed by atoms with Crippen molar-refractivity contribution in [3.8, 4) is 0 Å². The standard InChI is InChI=1S/C6H8N2S2/c1-4-2-5(10-3-4)8-6(7)9/h2-3H,1H3,(H3,7,8,9). The van der Waals surface area contributed by atoms with Gasteiger partial charge in [-0.1, -0.05) is 0 Å². The molecule has 54 valence electrons. The zero-order valence-corrected chi connectivity index (χ0v) is 7.18. The number of nitrogens with one attached hydrogen (secondary N) is 1. The SMILES string of the molecule is Cc1csc(NC(N)=S)c1. The van der Waals surface area contributed by atoms with Crippen LogP contribution in [0.2, 0.25) is 0 Å². The van der Waals surface area contributed by atoms with E-state index in [4.69, 9.17) is 5.73 Å². The molecule has 0 saturated carbocycles. The lowest BCUT2D eigenvalue weighted by Crippen LogP contribution is -2.17. The van der Waals surface area contributed by atoms with E-state index in [2.05, 4.69) is 17.5 Å². The second-order valence-corrected chi connectivity index (χ2v) is 3.33. The van der Waals surface area contributed by atoms with E-state index in [1.807, 2.05) is 18.4 Å². The van der Waals surface area contributed by atoms with Gasteiger partial charge in [-0.2, -0.15) is 0 Å². The van der Waals surface area contributed by atoms with E-state index in [0.29, 0.717) is 5.11 Å². The predicted molar refractivity (Wildman–Crippen MR) is 49.5 cm³/mol. The molecule has 0 radical (unpaired) electrons. The molecule has 0 amide bonds. The van der Waals surface area contributed by atoms with Crippen LogP contribution in [0.4, 0.5) is 5.00 Å². The molecule has 0 spiro atoms. The molecule has 1 rings (SSSR count). The smallest absolute Gasteiger partial charge is 0.168 e. The molecule has 10 heavy (non-hydrogen) atoms. The van der Waals surface area contributed by atoms with Gasteiger partial charge in [-0.15, -0.1) is 11.3 Å². The molecule has 0 aliphatic rings. The van der Waals surface area contributed by atoms with Crippen LogP contribution in [-0.4, -0.2) is 5.11 Å². The Labute approximate surface area is 69.1 Å². The number of nitrogens with two attached hydrogens (primary N) is 1. The summed E-state index contributed by atoms with van der Waals surface area (Å²) in [6.07, 6.45) is 0. The molecule has 2 nitrogen and oxygen atoms in total. The van der Waals surface area contributed by atoms with Crippen molar-refractivity contribution in [1.29, 1.82) is 0 Å². The first kappa shape index (κ1) is 7.50. The highest BCUT2D eigenvalue weighted by molar-refractivity contribution is 7.80. The van der Waals surface area contributed by atoms with E-state index in [1.54, 1.807) is 11.3 Å². The summed E-state index contributed by atoms with van der Waals surface area (Å²) in [5.74, 6) is 0. The molecule has 4 heteroatoms. The number of thiocarbonyl (C=S) groups is 1. The van der Waals surface area contributed by atoms with Crippen LogP contribution in [0, 0.1) is 6.92 Å². The average molecular weight is 172 g/mol. The minimum Gasteiger partial charge on any atom is -0.376 e. The molecule has 1 heterocycles. The molecule has 0 aromatic carbocycles. The topological polar surface area (TPSA) is 38.0 Å². The van der Waals surface area contributed by atoms with Crippen molar-refractivity contribution in [2.24, 2.45) is 5.73 Å². The van der Waals surface area contributed by atoms with Gasteiger partial charge in [-0.3, -0.25) is 0 Å². The molecule has 1 aromatic heterocycles. The number of aryl methyl sites for hydroxylation is 1. The number of rotatable bonds is 1. The van der Waals surface area contributed by atoms with Crippen molar-refractivity contribution in [2.75, 3.05) is 5.32 Å². The molecule has 1 aromatic rings. The van der Waals surface area contributed by atoms with Gasteiger partial charge in [0.2, 0.25) is 0 Å². The van der Waals surface area contributed by atoms with Gasteiger partial charge in [0.15, 0.2) is 5.11 Å². The minimum atomic E-state index is 0.321. The monoisotopic (exact) mass is 172 g/mol. The van der Waals surface area contributed by atoms with Gasteiger partial charge in [-0.25, -0.2) is 0 Å². The van der Waals surface area contributed by atoms with Crippen molar-refractivity contribution >= 4 is 33.7 Å². The van der Waals surface area contributed by atoms with Crippen LogP contribution in [0.1, 0.15) is 5.56 Å². The Morgan fingerprint density at radius 1 is 1.80 bits per heavy atom. The van der Waals surface area contributed by atoms with Gasteiger partial charge < -0.3 is 11.1 Å². The summed E-state index contributed by atoms with van der Waals surface area (Å²) in [5.41, 5.74) is 6.49. The van der Waals surface area contributed by atoms with Gasteiger partial charge in [0.25, 0.3) is 0 Å². The summed E-state index contributed by atoms with van der Waals surface area (Å²) in [7, 11) is 0. The highest BCUT2D eigenvalue weighted by atomic mass is 32.1. The van der Waals surface area contributed by atoms with E-state index in [0.717, 1.165) is 5.00 Å². The fourth-order valence-corrected chi connectivity index (χ4v) is 1.60. The minimum absolute atomic E-state index is 0.321. The summed E-state index contributed by atoms with van der Waals surface area (Å²) in [4.78, 5) is 0. The molecule has 0 atom stereocenters. The maximum Gasteiger partial charge on any atom is 0.168 e. The van der Waals surface area contributed by atoms with Crippen molar-refractivity contribution in [3.05, 3.63) is 17.0 Å². The van der Waals surface area contributed by atoms with Crippen molar-refractivity contribution < 1.29 is 0 Å². The summed E-state index contributed by atoms with van der Waals surface area (Å²) in [6.45, 7) is 2.03. The fourth-order valence-electron chi connectivity index (χ4n) is 0.618. The lowest BCUT2D eigenvalue weighted by Gasteiger charge is -1.96. The number of hydrogen-bond acceptors (Lipinski definition) is 2. The highest BCUT2D eigenvalue weighted by Crippen LogP contribution is 2.18. The largest absolute Gasteiger partial charge is 0.376 e. The van der Waals surface area contributed by atoms with E-state index in [9.17, 15) is 0 Å². The quantitative estimate of drug-likeness (QED) is 0.633. The van der Waals surface area contributed by atoms with Crippen molar-refractivity contribution in [3.63, 3.8) is 0 Å². The summed E-state index contributed by atoms with van der Waals surface area (Å²) < 4.78 is 0. The Balaban J connectivity index is 2.67. The van der Waals surface area contributed by atoms with Crippen LogP contribution in [-0.2, 0) is 0 Å². The van der Waals surface area contributed by atoms with Crippen LogP contribution in [0.25, 0.3) is 0 Å². The van der Waals surface area contributed by atoms with Crippen LogP contribution < -0.4 is 11.1 Å². The number of hydrogen-bond donors (Lipinski definition) is 2. The van der Waals surface area contributed by atoms with Crippen LogP contribution in [0.15, 0.2) is 11.4 Å². The molecule has 0 aliphatic carbocycles. The van der Waals surface area contributed by atoms with Gasteiger partial charge in [0, 0.05) is 0 Å². The second kappa shape index (κ2) is 2.98. The molecule has 0 saturated heterocycles. The van der Waals surface area contributed by atoms with Gasteiger partial charge in [0.1, 0.15) is 0 Å². The molecule has 0 fully saturated rings. The first-order valence-electron chi connectivity index (χ1n) is 2.80. The molecule has 0 aliphatic heterocycles. The Morgan fingerprint density at radius 3 is 2.90 bits per heavy atom. The zero-order chi connectivity index (χ0) is 7.56. The van der Waals surface area contributed by atoms with E-state index in [-0.39, 0.29) is 0 Å². The van der Waals surface area contributed by atoms with E-state index in [1.165, 1.54) is 5.56 Å². The Morgan fingerprint density at radius 2 is 2.50 bits per heavy atom. The second-order valence-electron chi connectivity index (χ2n) is 1.98. The van der Waals surface area contributed by atoms with Gasteiger partial charge in [-0.05, 0) is 36.2 Å². The van der Waals surface area contributed by atoms with E-state index < -0.39 is 0 Å². The maximum absolute atomic E-state index is 5.26. The van der Waals surface area contributed by atoms with Crippen LogP contribution in [0.5, 0.6) is 0 Å². The lowest BCUT2D eigenvalue weighted by atomic mass is 10.4. The third-order valence-electron chi connectivity index (χ3n) is 0.977. The Bertz CT molecular complexity index is 242. The Hall–Kier alpha value is -0.610. The zero-order valence-electron chi connectivity index (χ0n) is 5.55. The lowest BCUT2D eigenvalue weighted by molar-refractivity contribution is 1.55. The van der Waals surface area contributed by atoms with Crippen LogP contribution >= 0.6 is 23.6 Å². The predicted octanol–water partition coefficient (Wildman–Crippen LogP) is 1.71. The van der Waals surface area contributed by atoms with Crippen LogP contribution in [0.3, 0.4) is 0 Å². The maximum atomic E-state index is 5.26. The molecule has 0 unspecified atom stereocenters. The fraction of sp³-hybridized carbons (Fsp3) is 0.167.